The molecule has 1 saturated heterocycles. The fourth-order valence-corrected chi connectivity index (χ4v) is 2.97. The van der Waals surface area contributed by atoms with Crippen molar-refractivity contribution in [2.75, 3.05) is 26.2 Å². The van der Waals surface area contributed by atoms with E-state index in [-0.39, 0.29) is 11.8 Å². The van der Waals surface area contributed by atoms with E-state index in [4.69, 9.17) is 17.3 Å². The minimum Gasteiger partial charge on any atom is -0.338 e. The molecule has 0 radical (unpaired) electrons. The van der Waals surface area contributed by atoms with Crippen LogP contribution in [0.3, 0.4) is 0 Å². The number of halogens is 1. The highest BCUT2D eigenvalue weighted by Gasteiger charge is 2.27. The van der Waals surface area contributed by atoms with Gasteiger partial charge in [-0.1, -0.05) is 31.5 Å². The first-order chi connectivity index (χ1) is 10.9. The molecule has 2 amide bonds. The van der Waals surface area contributed by atoms with Gasteiger partial charge in [0, 0.05) is 36.8 Å². The van der Waals surface area contributed by atoms with Crippen LogP contribution >= 0.6 is 11.6 Å². The summed E-state index contributed by atoms with van der Waals surface area (Å²) in [7, 11) is 0. The van der Waals surface area contributed by atoms with E-state index in [0.29, 0.717) is 49.1 Å². The second kappa shape index (κ2) is 7.79. The number of nitrogens with zero attached hydrogens (tertiary/aromatic N) is 2. The van der Waals surface area contributed by atoms with Crippen molar-refractivity contribution in [3.8, 4) is 0 Å². The Balaban J connectivity index is 1.91. The Morgan fingerprint density at radius 1 is 1.17 bits per heavy atom. The van der Waals surface area contributed by atoms with Gasteiger partial charge in [0.2, 0.25) is 5.91 Å². The van der Waals surface area contributed by atoms with E-state index in [1.807, 2.05) is 0 Å². The van der Waals surface area contributed by atoms with Gasteiger partial charge in [0.1, 0.15) is 0 Å². The zero-order valence-electron chi connectivity index (χ0n) is 13.7. The molecule has 6 heteroatoms. The number of carbonyl (C=O) groups is 2. The molecule has 0 spiro atoms. The summed E-state index contributed by atoms with van der Waals surface area (Å²) < 4.78 is 0. The SMILES string of the molecule is CC(C)C[C@H](N)C(=O)N1CCN(C(=O)c2cccc(Cl)c2)CC1. The molecule has 0 saturated carbocycles. The third-order valence-electron chi connectivity index (χ3n) is 3.99. The van der Waals surface area contributed by atoms with Crippen molar-refractivity contribution in [1.29, 1.82) is 0 Å². The number of hydrogen-bond acceptors (Lipinski definition) is 3. The number of benzene rings is 1. The Bertz CT molecular complexity index is 569. The van der Waals surface area contributed by atoms with Gasteiger partial charge in [0.15, 0.2) is 0 Å². The first-order valence-electron chi connectivity index (χ1n) is 7.97. The lowest BCUT2D eigenvalue weighted by Crippen LogP contribution is -2.54. The lowest BCUT2D eigenvalue weighted by Gasteiger charge is -2.36. The normalized spacial score (nSPS) is 16.6. The molecule has 1 fully saturated rings. The second-order valence-electron chi connectivity index (χ2n) is 6.36. The van der Waals surface area contributed by atoms with Gasteiger partial charge in [-0.2, -0.15) is 0 Å². The largest absolute Gasteiger partial charge is 0.338 e. The maximum Gasteiger partial charge on any atom is 0.254 e. The summed E-state index contributed by atoms with van der Waals surface area (Å²) in [6.45, 7) is 6.19. The van der Waals surface area contributed by atoms with Gasteiger partial charge in [-0.15, -0.1) is 0 Å². The minimum absolute atomic E-state index is 0.0199. The Morgan fingerprint density at radius 3 is 2.35 bits per heavy atom. The summed E-state index contributed by atoms with van der Waals surface area (Å²) in [6.07, 6.45) is 0.681. The summed E-state index contributed by atoms with van der Waals surface area (Å²) in [5.74, 6) is 0.319. The van der Waals surface area contributed by atoms with Crippen LogP contribution in [-0.4, -0.2) is 53.8 Å². The van der Waals surface area contributed by atoms with E-state index in [0.717, 1.165) is 0 Å². The molecule has 0 unspecified atom stereocenters. The van der Waals surface area contributed by atoms with Crippen molar-refractivity contribution in [1.82, 2.24) is 9.80 Å². The average molecular weight is 338 g/mol. The molecule has 0 aliphatic carbocycles. The molecule has 1 heterocycles. The van der Waals surface area contributed by atoms with Crippen LogP contribution in [0, 0.1) is 5.92 Å². The van der Waals surface area contributed by atoms with Crippen LogP contribution in [0.1, 0.15) is 30.6 Å². The van der Waals surface area contributed by atoms with Gasteiger partial charge in [0.05, 0.1) is 6.04 Å². The van der Waals surface area contributed by atoms with E-state index in [1.165, 1.54) is 0 Å². The van der Waals surface area contributed by atoms with Crippen LogP contribution in [0.5, 0.6) is 0 Å². The van der Waals surface area contributed by atoms with Crippen LogP contribution in [-0.2, 0) is 4.79 Å². The lowest BCUT2D eigenvalue weighted by atomic mass is 10.0. The Kier molecular flexibility index (Phi) is 6.02. The summed E-state index contributed by atoms with van der Waals surface area (Å²) in [4.78, 5) is 28.3. The van der Waals surface area contributed by atoms with E-state index < -0.39 is 6.04 Å². The van der Waals surface area contributed by atoms with E-state index in [2.05, 4.69) is 13.8 Å². The van der Waals surface area contributed by atoms with Crippen LogP contribution in [0.25, 0.3) is 0 Å². The van der Waals surface area contributed by atoms with Gasteiger partial charge < -0.3 is 15.5 Å². The number of piperazine rings is 1. The number of nitrogens with two attached hydrogens (primary N) is 1. The molecule has 2 N–H and O–H groups in total. The van der Waals surface area contributed by atoms with Gasteiger partial charge >= 0.3 is 0 Å². The third-order valence-corrected chi connectivity index (χ3v) is 4.23. The molecule has 0 aromatic heterocycles. The fraction of sp³-hybridized carbons (Fsp3) is 0.529. The van der Waals surface area contributed by atoms with Crippen LogP contribution < -0.4 is 5.73 Å². The maximum atomic E-state index is 12.4. The molecule has 1 aromatic carbocycles. The quantitative estimate of drug-likeness (QED) is 0.913. The molecule has 1 aromatic rings. The first kappa shape index (κ1) is 17.8. The highest BCUT2D eigenvalue weighted by atomic mass is 35.5. The van der Waals surface area contributed by atoms with Crippen molar-refractivity contribution in [2.24, 2.45) is 11.7 Å². The molecule has 2 rings (SSSR count). The molecule has 1 aliphatic rings. The summed E-state index contributed by atoms with van der Waals surface area (Å²) >= 11 is 5.93. The molecule has 1 atom stereocenters. The van der Waals surface area contributed by atoms with E-state index in [9.17, 15) is 9.59 Å². The zero-order valence-corrected chi connectivity index (χ0v) is 14.4. The molecule has 0 bridgehead atoms. The zero-order chi connectivity index (χ0) is 17.0. The molecular formula is C17H24ClN3O2. The minimum atomic E-state index is -0.454. The molecular weight excluding hydrogens is 314 g/mol. The second-order valence-corrected chi connectivity index (χ2v) is 6.80. The van der Waals surface area contributed by atoms with Crippen molar-refractivity contribution in [2.45, 2.75) is 26.3 Å². The van der Waals surface area contributed by atoms with Crippen LogP contribution in [0.4, 0.5) is 0 Å². The molecule has 1 aliphatic heterocycles. The first-order valence-corrected chi connectivity index (χ1v) is 8.35. The summed E-state index contributed by atoms with van der Waals surface area (Å²) in [5.41, 5.74) is 6.54. The van der Waals surface area contributed by atoms with Crippen LogP contribution in [0.15, 0.2) is 24.3 Å². The third kappa shape index (κ3) is 4.69. The maximum absolute atomic E-state index is 12.4. The Hall–Kier alpha value is -1.59. The predicted octanol–water partition coefficient (Wildman–Crippen LogP) is 2.00. The summed E-state index contributed by atoms with van der Waals surface area (Å²) in [5, 5.41) is 0.546. The van der Waals surface area contributed by atoms with E-state index >= 15 is 0 Å². The lowest BCUT2D eigenvalue weighted by molar-refractivity contribution is -0.134. The van der Waals surface area contributed by atoms with Crippen molar-refractivity contribution in [3.05, 3.63) is 34.9 Å². The van der Waals surface area contributed by atoms with Gasteiger partial charge in [0.25, 0.3) is 5.91 Å². The Labute approximate surface area is 142 Å². The average Bonchev–Trinajstić information content (AvgIpc) is 2.53. The van der Waals surface area contributed by atoms with Crippen molar-refractivity contribution < 1.29 is 9.59 Å². The number of hydrogen-bond donors (Lipinski definition) is 1. The summed E-state index contributed by atoms with van der Waals surface area (Å²) in [6, 6.07) is 6.47. The highest BCUT2D eigenvalue weighted by molar-refractivity contribution is 6.30. The highest BCUT2D eigenvalue weighted by Crippen LogP contribution is 2.15. The van der Waals surface area contributed by atoms with Crippen molar-refractivity contribution in [3.63, 3.8) is 0 Å². The molecule has 23 heavy (non-hydrogen) atoms. The Morgan fingerprint density at radius 2 is 1.78 bits per heavy atom. The molecule has 126 valence electrons. The topological polar surface area (TPSA) is 66.6 Å². The monoisotopic (exact) mass is 337 g/mol. The number of amides is 2. The van der Waals surface area contributed by atoms with Gasteiger partial charge in [-0.3, -0.25) is 9.59 Å². The molecule has 5 nitrogen and oxygen atoms in total. The van der Waals surface area contributed by atoms with E-state index in [1.54, 1.807) is 34.1 Å². The number of rotatable bonds is 4. The standard InChI is InChI=1S/C17H24ClN3O2/c1-12(2)10-15(19)17(23)21-8-6-20(7-9-21)16(22)13-4-3-5-14(18)11-13/h3-5,11-12,15H,6-10,19H2,1-2H3/t15-/m0/s1. The fourth-order valence-electron chi connectivity index (χ4n) is 2.78. The predicted molar refractivity (Wildman–Crippen MR) is 91.4 cm³/mol. The van der Waals surface area contributed by atoms with Gasteiger partial charge in [-0.05, 0) is 30.5 Å². The number of carbonyl (C=O) groups excluding carboxylic acids is 2. The smallest absolute Gasteiger partial charge is 0.254 e. The van der Waals surface area contributed by atoms with Gasteiger partial charge in [-0.25, -0.2) is 0 Å². The van der Waals surface area contributed by atoms with Crippen LogP contribution in [0.2, 0.25) is 5.02 Å². The van der Waals surface area contributed by atoms with Crippen molar-refractivity contribution >= 4 is 23.4 Å².